The number of hydrogen-bond donors (Lipinski definition) is 1. The molecule has 0 atom stereocenters. The third-order valence-electron chi connectivity index (χ3n) is 4.36. The second-order valence-electron chi connectivity index (χ2n) is 6.32. The summed E-state index contributed by atoms with van der Waals surface area (Å²) in [4.78, 5) is 24.5. The van der Waals surface area contributed by atoms with Crippen LogP contribution in [-0.2, 0) is 9.59 Å². The van der Waals surface area contributed by atoms with Crippen molar-refractivity contribution in [1.82, 2.24) is 0 Å². The van der Waals surface area contributed by atoms with Gasteiger partial charge in [-0.3, -0.25) is 9.59 Å². The first kappa shape index (κ1) is 19.5. The third-order valence-corrected chi connectivity index (χ3v) is 4.36. The van der Waals surface area contributed by atoms with Crippen LogP contribution >= 0.6 is 0 Å². The molecule has 3 rings (SSSR count). The number of amides is 2. The van der Waals surface area contributed by atoms with Crippen molar-refractivity contribution in [3.05, 3.63) is 58.7 Å². The topological polar surface area (TPSA) is 61.8 Å². The SMILES string of the molecule is Cc1ccc(NC(=O)C2=NN(c3c(F)c(F)cc(F)c3F)C(=O)CC2)cc1C. The van der Waals surface area contributed by atoms with Gasteiger partial charge in [-0.1, -0.05) is 6.07 Å². The van der Waals surface area contributed by atoms with Gasteiger partial charge in [-0.25, -0.2) is 17.6 Å². The predicted octanol–water partition coefficient (Wildman–Crippen LogP) is 3.98. The fourth-order valence-corrected chi connectivity index (χ4v) is 2.66. The molecule has 0 bridgehead atoms. The Labute approximate surface area is 157 Å². The number of benzene rings is 2. The molecule has 5 nitrogen and oxygen atoms in total. The highest BCUT2D eigenvalue weighted by molar-refractivity contribution is 6.44. The van der Waals surface area contributed by atoms with E-state index in [2.05, 4.69) is 10.4 Å². The number of carbonyl (C=O) groups excluding carboxylic acids is 2. The van der Waals surface area contributed by atoms with Crippen LogP contribution in [0.3, 0.4) is 0 Å². The van der Waals surface area contributed by atoms with Crippen LogP contribution < -0.4 is 10.3 Å². The van der Waals surface area contributed by atoms with E-state index < -0.39 is 40.8 Å². The lowest BCUT2D eigenvalue weighted by Gasteiger charge is -2.24. The van der Waals surface area contributed by atoms with Gasteiger partial charge in [0.15, 0.2) is 23.3 Å². The second-order valence-corrected chi connectivity index (χ2v) is 6.32. The number of anilines is 2. The van der Waals surface area contributed by atoms with E-state index >= 15 is 0 Å². The van der Waals surface area contributed by atoms with Gasteiger partial charge in [0, 0.05) is 24.6 Å². The van der Waals surface area contributed by atoms with Crippen LogP contribution in [0.4, 0.5) is 28.9 Å². The van der Waals surface area contributed by atoms with Gasteiger partial charge in [0.05, 0.1) is 0 Å². The molecule has 2 aromatic carbocycles. The van der Waals surface area contributed by atoms with E-state index in [9.17, 15) is 27.2 Å². The summed E-state index contributed by atoms with van der Waals surface area (Å²) in [5.74, 6) is -8.49. The van der Waals surface area contributed by atoms with Crippen LogP contribution in [0.15, 0.2) is 29.4 Å². The highest BCUT2D eigenvalue weighted by Crippen LogP contribution is 2.30. The van der Waals surface area contributed by atoms with Crippen molar-refractivity contribution in [2.75, 3.05) is 10.3 Å². The lowest BCUT2D eigenvalue weighted by molar-refractivity contribution is -0.118. The van der Waals surface area contributed by atoms with Crippen LogP contribution in [-0.4, -0.2) is 17.5 Å². The van der Waals surface area contributed by atoms with Crippen LogP contribution in [0.25, 0.3) is 0 Å². The van der Waals surface area contributed by atoms with E-state index in [0.29, 0.717) is 5.69 Å². The zero-order chi connectivity index (χ0) is 20.6. The maximum Gasteiger partial charge on any atom is 0.271 e. The van der Waals surface area contributed by atoms with Crippen molar-refractivity contribution < 1.29 is 27.2 Å². The lowest BCUT2D eigenvalue weighted by Crippen LogP contribution is -2.37. The van der Waals surface area contributed by atoms with Crippen molar-refractivity contribution in [3.8, 4) is 0 Å². The van der Waals surface area contributed by atoms with Crippen LogP contribution in [0.2, 0.25) is 0 Å². The number of aryl methyl sites for hydroxylation is 2. The van der Waals surface area contributed by atoms with Crippen LogP contribution in [0.1, 0.15) is 24.0 Å². The molecule has 1 aliphatic rings. The first-order valence-corrected chi connectivity index (χ1v) is 8.31. The second kappa shape index (κ2) is 7.41. The average Bonchev–Trinajstić information content (AvgIpc) is 2.64. The van der Waals surface area contributed by atoms with Crippen molar-refractivity contribution in [3.63, 3.8) is 0 Å². The summed E-state index contributed by atoms with van der Waals surface area (Å²) < 4.78 is 55.0. The Morgan fingerprint density at radius 1 is 1.00 bits per heavy atom. The Balaban J connectivity index is 1.95. The molecule has 0 aliphatic carbocycles. The number of halogens is 4. The van der Waals surface area contributed by atoms with Gasteiger partial charge in [0.1, 0.15) is 11.4 Å². The summed E-state index contributed by atoms with van der Waals surface area (Å²) in [5, 5.41) is 6.41. The largest absolute Gasteiger partial charge is 0.321 e. The summed E-state index contributed by atoms with van der Waals surface area (Å²) in [7, 11) is 0. The summed E-state index contributed by atoms with van der Waals surface area (Å²) in [5.41, 5.74) is 0.914. The van der Waals surface area contributed by atoms with Gasteiger partial charge in [-0.15, -0.1) is 0 Å². The first-order valence-electron chi connectivity index (χ1n) is 8.31. The Morgan fingerprint density at radius 2 is 1.64 bits per heavy atom. The maximum atomic E-state index is 14.0. The van der Waals surface area contributed by atoms with Gasteiger partial charge in [-0.05, 0) is 37.1 Å². The number of nitrogens with zero attached hydrogens (tertiary/aromatic N) is 2. The van der Waals surface area contributed by atoms with Crippen molar-refractivity contribution >= 4 is 28.9 Å². The Kier molecular flexibility index (Phi) is 5.17. The molecule has 146 valence electrons. The molecular weight excluding hydrogens is 378 g/mol. The molecule has 9 heteroatoms. The molecular formula is C19H15F4N3O2. The average molecular weight is 393 g/mol. The Morgan fingerprint density at radius 3 is 2.25 bits per heavy atom. The summed E-state index contributed by atoms with van der Waals surface area (Å²) in [6.45, 7) is 3.75. The number of nitrogens with one attached hydrogen (secondary N) is 1. The summed E-state index contributed by atoms with van der Waals surface area (Å²) in [6, 6.07) is 5.21. The summed E-state index contributed by atoms with van der Waals surface area (Å²) >= 11 is 0. The Hall–Kier alpha value is -3.23. The van der Waals surface area contributed by atoms with E-state index in [1.807, 2.05) is 13.8 Å². The fourth-order valence-electron chi connectivity index (χ4n) is 2.66. The zero-order valence-corrected chi connectivity index (χ0v) is 14.9. The molecule has 2 aromatic rings. The van der Waals surface area contributed by atoms with Crippen LogP contribution in [0.5, 0.6) is 0 Å². The molecule has 1 N–H and O–H groups in total. The van der Waals surface area contributed by atoms with E-state index in [-0.39, 0.29) is 29.6 Å². The molecule has 0 fully saturated rings. The van der Waals surface area contributed by atoms with Gasteiger partial charge in [0.2, 0.25) is 5.91 Å². The fraction of sp³-hybridized carbons (Fsp3) is 0.211. The minimum Gasteiger partial charge on any atom is -0.321 e. The normalized spacial score (nSPS) is 14.1. The maximum absolute atomic E-state index is 14.0. The van der Waals surface area contributed by atoms with Gasteiger partial charge >= 0.3 is 0 Å². The molecule has 0 unspecified atom stereocenters. The van der Waals surface area contributed by atoms with E-state index in [4.69, 9.17) is 0 Å². The number of hydrazone groups is 1. The molecule has 0 aromatic heterocycles. The minimum absolute atomic E-state index is 0.0274. The van der Waals surface area contributed by atoms with Gasteiger partial charge in [0.25, 0.3) is 5.91 Å². The molecule has 1 heterocycles. The van der Waals surface area contributed by atoms with Crippen LogP contribution in [0, 0.1) is 37.1 Å². The van der Waals surface area contributed by atoms with Crippen molar-refractivity contribution in [2.24, 2.45) is 5.10 Å². The predicted molar refractivity (Wildman–Crippen MR) is 95.0 cm³/mol. The van der Waals surface area contributed by atoms with Crippen molar-refractivity contribution in [1.29, 1.82) is 0 Å². The molecule has 0 radical (unpaired) electrons. The molecule has 0 spiro atoms. The number of rotatable bonds is 3. The van der Waals surface area contributed by atoms with E-state index in [1.54, 1.807) is 18.2 Å². The van der Waals surface area contributed by atoms with E-state index in [0.717, 1.165) is 11.1 Å². The number of carbonyl (C=O) groups is 2. The van der Waals surface area contributed by atoms with Crippen molar-refractivity contribution in [2.45, 2.75) is 26.7 Å². The third kappa shape index (κ3) is 3.60. The molecule has 28 heavy (non-hydrogen) atoms. The summed E-state index contributed by atoms with van der Waals surface area (Å²) in [6.07, 6.45) is -0.400. The Bertz CT molecular complexity index is 994. The quantitative estimate of drug-likeness (QED) is 0.633. The smallest absolute Gasteiger partial charge is 0.271 e. The monoisotopic (exact) mass is 393 g/mol. The number of hydrogen-bond acceptors (Lipinski definition) is 3. The molecule has 0 saturated carbocycles. The van der Waals surface area contributed by atoms with Gasteiger partial charge < -0.3 is 5.32 Å². The standard InChI is InChI=1S/C19H15F4N3O2/c1-9-3-4-11(7-10(9)2)24-19(28)14-5-6-15(27)26(25-14)18-16(22)12(20)8-13(21)17(18)23/h3-4,7-8H,5-6H2,1-2H3,(H,24,28). The lowest BCUT2D eigenvalue weighted by atomic mass is 10.1. The minimum atomic E-state index is -1.77. The van der Waals surface area contributed by atoms with E-state index in [1.165, 1.54) is 0 Å². The van der Waals surface area contributed by atoms with Gasteiger partial charge in [-0.2, -0.15) is 10.1 Å². The zero-order valence-electron chi connectivity index (χ0n) is 14.9. The highest BCUT2D eigenvalue weighted by atomic mass is 19.2. The molecule has 1 aliphatic heterocycles. The molecule has 2 amide bonds. The molecule has 0 saturated heterocycles. The first-order chi connectivity index (χ1) is 13.2. The highest BCUT2D eigenvalue weighted by Gasteiger charge is 2.32.